The number of rotatable bonds is 2. The summed E-state index contributed by atoms with van der Waals surface area (Å²) in [7, 11) is 0. The molecule has 0 spiro atoms. The Kier molecular flexibility index (Phi) is 3.35. The third-order valence-corrected chi connectivity index (χ3v) is 5.16. The van der Waals surface area contributed by atoms with E-state index in [0.29, 0.717) is 28.5 Å². The van der Waals surface area contributed by atoms with E-state index in [1.54, 1.807) is 18.3 Å². The molecule has 3 saturated heterocycles. The van der Waals surface area contributed by atoms with Crippen molar-refractivity contribution >= 4 is 28.5 Å². The second-order valence-electron chi connectivity index (χ2n) is 6.37. The molecule has 22 heavy (non-hydrogen) atoms. The normalized spacial score (nSPS) is 30.6. The van der Waals surface area contributed by atoms with Gasteiger partial charge in [0.05, 0.1) is 0 Å². The van der Waals surface area contributed by atoms with Gasteiger partial charge in [-0.05, 0) is 43.8 Å². The Hall–Kier alpha value is -1.59. The molecule has 116 valence electrons. The maximum atomic E-state index is 12.5. The first-order valence-electron chi connectivity index (χ1n) is 7.70. The van der Waals surface area contributed by atoms with Gasteiger partial charge in [-0.2, -0.15) is 0 Å². The Morgan fingerprint density at radius 1 is 1.50 bits per heavy atom. The third-order valence-electron chi connectivity index (χ3n) is 4.98. The molecule has 1 N–H and O–H groups in total. The van der Waals surface area contributed by atoms with Crippen LogP contribution in [-0.2, 0) is 0 Å². The topological polar surface area (TPSA) is 58.4 Å². The zero-order chi connectivity index (χ0) is 15.3. The number of carbonyl (C=O) groups is 1. The van der Waals surface area contributed by atoms with E-state index in [9.17, 15) is 4.79 Å². The number of piperidine rings is 3. The van der Waals surface area contributed by atoms with E-state index in [4.69, 9.17) is 16.0 Å². The predicted molar refractivity (Wildman–Crippen MR) is 84.0 cm³/mol. The van der Waals surface area contributed by atoms with Gasteiger partial charge in [-0.1, -0.05) is 0 Å². The quantitative estimate of drug-likeness (QED) is 0.924. The highest BCUT2D eigenvalue weighted by atomic mass is 35.5. The zero-order valence-electron chi connectivity index (χ0n) is 12.4. The fourth-order valence-electron chi connectivity index (χ4n) is 3.73. The number of aromatic nitrogens is 1. The average Bonchev–Trinajstić information content (AvgIpc) is 2.87. The summed E-state index contributed by atoms with van der Waals surface area (Å²) < 4.78 is 5.35. The van der Waals surface area contributed by atoms with E-state index >= 15 is 0 Å². The van der Waals surface area contributed by atoms with Crippen molar-refractivity contribution in [3.8, 4) is 0 Å². The van der Waals surface area contributed by atoms with Crippen LogP contribution in [-0.4, -0.2) is 41.0 Å². The second-order valence-corrected chi connectivity index (χ2v) is 6.74. The van der Waals surface area contributed by atoms with E-state index in [1.807, 2.05) is 0 Å². The van der Waals surface area contributed by atoms with Gasteiger partial charge < -0.3 is 9.73 Å². The van der Waals surface area contributed by atoms with Gasteiger partial charge >= 0.3 is 0 Å². The standard InChI is InChI=1S/C16H18ClN3O2/c1-9-4-10-2-3-20(9)8-13(10)19-16(21)12-6-14-11(7-18-12)5-15(17)22-14/h5-7,9-10,13H,2-4,8H2,1H3,(H,19,21). The van der Waals surface area contributed by atoms with Crippen LogP contribution in [0.1, 0.15) is 30.3 Å². The third kappa shape index (κ3) is 2.38. The smallest absolute Gasteiger partial charge is 0.270 e. The Morgan fingerprint density at radius 3 is 3.09 bits per heavy atom. The number of hydrogen-bond donors (Lipinski definition) is 1. The first kappa shape index (κ1) is 14.0. The molecule has 5 rings (SSSR count). The number of furan rings is 1. The van der Waals surface area contributed by atoms with Crippen molar-refractivity contribution < 1.29 is 9.21 Å². The Balaban J connectivity index is 1.51. The molecule has 2 aromatic rings. The Bertz CT molecular complexity index is 729. The monoisotopic (exact) mass is 319 g/mol. The van der Waals surface area contributed by atoms with Crippen LogP contribution in [0.3, 0.4) is 0 Å². The summed E-state index contributed by atoms with van der Waals surface area (Å²) in [5.41, 5.74) is 0.968. The molecule has 4 atom stereocenters. The number of fused-ring (bicyclic) bond motifs is 4. The average molecular weight is 320 g/mol. The summed E-state index contributed by atoms with van der Waals surface area (Å²) in [5, 5.41) is 4.25. The first-order chi connectivity index (χ1) is 10.6. The molecular weight excluding hydrogens is 302 g/mol. The molecule has 2 aromatic heterocycles. The van der Waals surface area contributed by atoms with Crippen LogP contribution in [0.25, 0.3) is 11.0 Å². The van der Waals surface area contributed by atoms with Gasteiger partial charge in [0.2, 0.25) is 0 Å². The molecule has 0 saturated carbocycles. The number of amides is 1. The summed E-state index contributed by atoms with van der Waals surface area (Å²) in [4.78, 5) is 19.1. The Labute approximate surface area is 133 Å². The molecule has 3 fully saturated rings. The Morgan fingerprint density at radius 2 is 2.36 bits per heavy atom. The minimum Gasteiger partial charge on any atom is -0.445 e. The van der Waals surface area contributed by atoms with Crippen molar-refractivity contribution in [2.24, 2.45) is 5.92 Å². The van der Waals surface area contributed by atoms with Crippen LogP contribution in [0.4, 0.5) is 0 Å². The maximum absolute atomic E-state index is 12.5. The maximum Gasteiger partial charge on any atom is 0.270 e. The molecule has 0 aliphatic carbocycles. The number of pyridine rings is 1. The number of nitrogens with one attached hydrogen (secondary N) is 1. The lowest BCUT2D eigenvalue weighted by atomic mass is 9.80. The molecule has 6 heteroatoms. The summed E-state index contributed by atoms with van der Waals surface area (Å²) in [6.45, 7) is 4.35. The zero-order valence-corrected chi connectivity index (χ0v) is 13.1. The van der Waals surface area contributed by atoms with Crippen molar-refractivity contribution in [2.45, 2.75) is 31.8 Å². The number of carbonyl (C=O) groups excluding carboxylic acids is 1. The van der Waals surface area contributed by atoms with Gasteiger partial charge in [-0.25, -0.2) is 0 Å². The molecule has 2 bridgehead atoms. The lowest BCUT2D eigenvalue weighted by Crippen LogP contribution is -2.60. The molecule has 0 radical (unpaired) electrons. The van der Waals surface area contributed by atoms with Crippen molar-refractivity contribution in [2.75, 3.05) is 13.1 Å². The molecule has 5 nitrogen and oxygen atoms in total. The van der Waals surface area contributed by atoms with Gasteiger partial charge in [-0.3, -0.25) is 14.7 Å². The SMILES string of the molecule is CC1CC2CCN1CC2NC(=O)c1cc2oc(Cl)cc2cn1. The van der Waals surface area contributed by atoms with Crippen LogP contribution in [0.15, 0.2) is 22.7 Å². The highest BCUT2D eigenvalue weighted by Gasteiger charge is 2.38. The van der Waals surface area contributed by atoms with Gasteiger partial charge in [0.15, 0.2) is 5.22 Å². The fraction of sp³-hybridized carbons (Fsp3) is 0.500. The molecule has 3 aliphatic rings. The van der Waals surface area contributed by atoms with Crippen molar-refractivity contribution in [3.63, 3.8) is 0 Å². The largest absolute Gasteiger partial charge is 0.445 e. The van der Waals surface area contributed by atoms with Crippen LogP contribution < -0.4 is 5.32 Å². The van der Waals surface area contributed by atoms with Gasteiger partial charge in [0.1, 0.15) is 11.3 Å². The molecular formula is C16H18ClN3O2. The molecule has 0 aromatic carbocycles. The van der Waals surface area contributed by atoms with Gasteiger partial charge in [0, 0.05) is 42.3 Å². The van der Waals surface area contributed by atoms with Crippen molar-refractivity contribution in [3.05, 3.63) is 29.2 Å². The summed E-state index contributed by atoms with van der Waals surface area (Å²) in [6.07, 6.45) is 3.94. The minimum atomic E-state index is -0.138. The number of hydrogen-bond acceptors (Lipinski definition) is 4. The lowest BCUT2D eigenvalue weighted by molar-refractivity contribution is 0.0273. The lowest BCUT2D eigenvalue weighted by Gasteiger charge is -2.48. The van der Waals surface area contributed by atoms with Crippen LogP contribution in [0, 0.1) is 5.92 Å². The predicted octanol–water partition coefficient (Wildman–Crippen LogP) is 2.69. The van der Waals surface area contributed by atoms with E-state index in [1.165, 1.54) is 0 Å². The van der Waals surface area contributed by atoms with Crippen LogP contribution in [0.5, 0.6) is 0 Å². The van der Waals surface area contributed by atoms with Gasteiger partial charge in [0.25, 0.3) is 5.91 Å². The van der Waals surface area contributed by atoms with E-state index in [-0.39, 0.29) is 11.9 Å². The van der Waals surface area contributed by atoms with E-state index in [2.05, 4.69) is 22.1 Å². The number of nitrogens with zero attached hydrogens (tertiary/aromatic N) is 2. The first-order valence-corrected chi connectivity index (χ1v) is 8.08. The van der Waals surface area contributed by atoms with Crippen molar-refractivity contribution in [1.29, 1.82) is 0 Å². The van der Waals surface area contributed by atoms with Crippen LogP contribution in [0.2, 0.25) is 5.22 Å². The van der Waals surface area contributed by atoms with E-state index in [0.717, 1.165) is 31.3 Å². The molecule has 4 unspecified atom stereocenters. The molecule has 5 heterocycles. The fourth-order valence-corrected chi connectivity index (χ4v) is 3.93. The van der Waals surface area contributed by atoms with E-state index < -0.39 is 0 Å². The second kappa shape index (κ2) is 5.25. The highest BCUT2D eigenvalue weighted by molar-refractivity contribution is 6.29. The summed E-state index contributed by atoms with van der Waals surface area (Å²) in [6, 6.07) is 4.20. The number of halogens is 1. The summed E-state index contributed by atoms with van der Waals surface area (Å²) >= 11 is 5.83. The summed E-state index contributed by atoms with van der Waals surface area (Å²) in [5.74, 6) is 0.437. The van der Waals surface area contributed by atoms with Crippen LogP contribution >= 0.6 is 11.6 Å². The molecule has 1 amide bonds. The highest BCUT2D eigenvalue weighted by Crippen LogP contribution is 2.32. The molecule has 3 aliphatic heterocycles. The minimum absolute atomic E-state index is 0.138. The van der Waals surface area contributed by atoms with Gasteiger partial charge in [-0.15, -0.1) is 0 Å². The van der Waals surface area contributed by atoms with Crippen molar-refractivity contribution in [1.82, 2.24) is 15.2 Å².